The maximum absolute atomic E-state index is 11.8. The van der Waals surface area contributed by atoms with Gasteiger partial charge in [-0.2, -0.15) is 5.26 Å². The minimum Gasteiger partial charge on any atom is -0.492 e. The molecule has 0 unspecified atom stereocenters. The number of nitrogens with one attached hydrogen (secondary N) is 1. The normalized spacial score (nSPS) is 9.82. The highest BCUT2D eigenvalue weighted by Crippen LogP contribution is 2.23. The molecule has 1 N–H and O–H groups in total. The summed E-state index contributed by atoms with van der Waals surface area (Å²) in [6.07, 6.45) is 0.942. The highest BCUT2D eigenvalue weighted by Gasteiger charge is 2.04. The predicted molar refractivity (Wildman–Crippen MR) is 86.0 cm³/mol. The van der Waals surface area contributed by atoms with Crippen LogP contribution in [-0.4, -0.2) is 12.5 Å². The number of amides is 1. The van der Waals surface area contributed by atoms with Gasteiger partial charge in [-0.3, -0.25) is 4.79 Å². The van der Waals surface area contributed by atoms with Crippen molar-refractivity contribution in [3.63, 3.8) is 0 Å². The fourth-order valence-electron chi connectivity index (χ4n) is 1.83. The lowest BCUT2D eigenvalue weighted by molar-refractivity contribution is -0.116. The molecule has 0 bridgehead atoms. The number of hydrogen-bond donors (Lipinski definition) is 1. The Morgan fingerprint density at radius 3 is 2.59 bits per heavy atom. The van der Waals surface area contributed by atoms with Crippen LogP contribution in [0.3, 0.4) is 0 Å². The largest absolute Gasteiger partial charge is 0.492 e. The van der Waals surface area contributed by atoms with Gasteiger partial charge in [0.25, 0.3) is 0 Å². The second kappa shape index (κ2) is 8.06. The van der Waals surface area contributed by atoms with Crippen molar-refractivity contribution in [2.75, 3.05) is 11.9 Å². The molecule has 0 spiro atoms. The number of para-hydroxylation sites is 1. The van der Waals surface area contributed by atoms with Crippen LogP contribution >= 0.6 is 11.6 Å². The second-order valence-corrected chi connectivity index (χ2v) is 5.03. The molecule has 0 saturated heterocycles. The quantitative estimate of drug-likeness (QED) is 0.819. The van der Waals surface area contributed by atoms with Crippen molar-refractivity contribution in [1.82, 2.24) is 0 Å². The van der Waals surface area contributed by atoms with Crippen LogP contribution in [0.5, 0.6) is 5.75 Å². The smallest absolute Gasteiger partial charge is 0.224 e. The molecule has 4 nitrogen and oxygen atoms in total. The molecule has 0 aliphatic heterocycles. The van der Waals surface area contributed by atoms with E-state index in [1.807, 2.05) is 18.2 Å². The summed E-state index contributed by atoms with van der Waals surface area (Å²) in [5, 5.41) is 12.0. The molecule has 0 heterocycles. The van der Waals surface area contributed by atoms with E-state index in [1.54, 1.807) is 36.4 Å². The SMILES string of the molecule is N#Cc1ccc(NC(=O)CCCOc2ccccc2Cl)cc1. The van der Waals surface area contributed by atoms with Crippen molar-refractivity contribution in [1.29, 1.82) is 5.26 Å². The second-order valence-electron chi connectivity index (χ2n) is 4.62. The number of nitriles is 1. The number of carbonyl (C=O) groups excluding carboxylic acids is 1. The van der Waals surface area contributed by atoms with Crippen LogP contribution in [0.2, 0.25) is 5.02 Å². The average Bonchev–Trinajstić information content (AvgIpc) is 2.54. The van der Waals surface area contributed by atoms with Crippen LogP contribution in [0.4, 0.5) is 5.69 Å². The predicted octanol–water partition coefficient (Wildman–Crippen LogP) is 4.01. The Kier molecular flexibility index (Phi) is 5.81. The van der Waals surface area contributed by atoms with Crippen molar-refractivity contribution >= 4 is 23.2 Å². The molecule has 0 fully saturated rings. The Labute approximate surface area is 134 Å². The summed E-state index contributed by atoms with van der Waals surface area (Å²) in [5.74, 6) is 0.532. The molecule has 0 radical (unpaired) electrons. The van der Waals surface area contributed by atoms with Gasteiger partial charge in [0.15, 0.2) is 0 Å². The molecule has 5 heteroatoms. The summed E-state index contributed by atoms with van der Waals surface area (Å²) < 4.78 is 5.52. The standard InChI is InChI=1S/C17H15ClN2O2/c18-15-4-1-2-5-16(15)22-11-3-6-17(21)20-14-9-7-13(12-19)8-10-14/h1-2,4-5,7-10H,3,6,11H2,(H,20,21). The Morgan fingerprint density at radius 1 is 1.18 bits per heavy atom. The summed E-state index contributed by atoms with van der Waals surface area (Å²) in [4.78, 5) is 11.8. The lowest BCUT2D eigenvalue weighted by Gasteiger charge is -2.08. The molecule has 0 aliphatic carbocycles. The van der Waals surface area contributed by atoms with Gasteiger partial charge in [0.1, 0.15) is 5.75 Å². The maximum Gasteiger partial charge on any atom is 0.224 e. The molecule has 0 aromatic heterocycles. The Balaban J connectivity index is 1.71. The third kappa shape index (κ3) is 4.80. The molecule has 2 rings (SSSR count). The van der Waals surface area contributed by atoms with Crippen molar-refractivity contribution < 1.29 is 9.53 Å². The molecule has 0 aliphatic rings. The fourth-order valence-corrected chi connectivity index (χ4v) is 2.02. The third-order valence-corrected chi connectivity index (χ3v) is 3.25. The molecular formula is C17H15ClN2O2. The van der Waals surface area contributed by atoms with Crippen molar-refractivity contribution in [3.8, 4) is 11.8 Å². The van der Waals surface area contributed by atoms with E-state index >= 15 is 0 Å². The van der Waals surface area contributed by atoms with E-state index in [1.165, 1.54) is 0 Å². The Bertz CT molecular complexity index is 678. The van der Waals surface area contributed by atoms with Crippen LogP contribution in [0.15, 0.2) is 48.5 Å². The van der Waals surface area contributed by atoms with Gasteiger partial charge in [-0.05, 0) is 42.8 Å². The summed E-state index contributed by atoms with van der Waals surface area (Å²) in [5.41, 5.74) is 1.24. The molecule has 2 aromatic rings. The summed E-state index contributed by atoms with van der Waals surface area (Å²) in [6, 6.07) is 16.0. The molecule has 1 amide bonds. The van der Waals surface area contributed by atoms with Crippen molar-refractivity contribution in [2.45, 2.75) is 12.8 Å². The zero-order valence-electron chi connectivity index (χ0n) is 11.9. The minimum absolute atomic E-state index is 0.0903. The van der Waals surface area contributed by atoms with E-state index in [2.05, 4.69) is 5.32 Å². The topological polar surface area (TPSA) is 62.1 Å². The van der Waals surface area contributed by atoms with Gasteiger partial charge in [0.05, 0.1) is 23.3 Å². The van der Waals surface area contributed by atoms with Crippen LogP contribution < -0.4 is 10.1 Å². The number of rotatable bonds is 6. The molecule has 2 aromatic carbocycles. The molecule has 22 heavy (non-hydrogen) atoms. The van der Waals surface area contributed by atoms with Gasteiger partial charge in [-0.15, -0.1) is 0 Å². The minimum atomic E-state index is -0.0903. The number of ether oxygens (including phenoxy) is 1. The van der Waals surface area contributed by atoms with E-state index in [9.17, 15) is 4.79 Å². The first kappa shape index (κ1) is 15.9. The van der Waals surface area contributed by atoms with Crippen LogP contribution in [0.25, 0.3) is 0 Å². The molecule has 112 valence electrons. The average molecular weight is 315 g/mol. The maximum atomic E-state index is 11.8. The van der Waals surface area contributed by atoms with E-state index < -0.39 is 0 Å². The lowest BCUT2D eigenvalue weighted by Crippen LogP contribution is -2.12. The number of benzene rings is 2. The number of halogens is 1. The number of hydrogen-bond acceptors (Lipinski definition) is 3. The van der Waals surface area contributed by atoms with Gasteiger partial charge >= 0.3 is 0 Å². The first-order valence-corrected chi connectivity index (χ1v) is 7.24. The van der Waals surface area contributed by atoms with Crippen LogP contribution in [0, 0.1) is 11.3 Å². The zero-order valence-corrected chi connectivity index (χ0v) is 12.6. The monoisotopic (exact) mass is 314 g/mol. The molecule has 0 atom stereocenters. The van der Waals surface area contributed by atoms with E-state index in [4.69, 9.17) is 21.6 Å². The van der Waals surface area contributed by atoms with Gasteiger partial charge < -0.3 is 10.1 Å². The molecule has 0 saturated carbocycles. The summed E-state index contributed by atoms with van der Waals surface area (Å²) >= 11 is 5.97. The zero-order chi connectivity index (χ0) is 15.8. The summed E-state index contributed by atoms with van der Waals surface area (Å²) in [7, 11) is 0. The lowest BCUT2D eigenvalue weighted by atomic mass is 10.2. The fraction of sp³-hybridized carbons (Fsp3) is 0.176. The van der Waals surface area contributed by atoms with Crippen LogP contribution in [0.1, 0.15) is 18.4 Å². The van der Waals surface area contributed by atoms with Gasteiger partial charge in [0.2, 0.25) is 5.91 Å². The Morgan fingerprint density at radius 2 is 1.91 bits per heavy atom. The number of carbonyl (C=O) groups is 1. The van der Waals surface area contributed by atoms with Crippen LogP contribution in [-0.2, 0) is 4.79 Å². The van der Waals surface area contributed by atoms with Gasteiger partial charge in [-0.25, -0.2) is 0 Å². The van der Waals surface area contributed by atoms with E-state index in [0.717, 1.165) is 0 Å². The number of anilines is 1. The van der Waals surface area contributed by atoms with Gasteiger partial charge in [0, 0.05) is 12.1 Å². The third-order valence-electron chi connectivity index (χ3n) is 2.94. The first-order chi connectivity index (χ1) is 10.7. The van der Waals surface area contributed by atoms with E-state index in [0.29, 0.717) is 41.5 Å². The number of nitrogens with zero attached hydrogens (tertiary/aromatic N) is 1. The Hall–Kier alpha value is -2.51. The van der Waals surface area contributed by atoms with Crippen molar-refractivity contribution in [3.05, 3.63) is 59.1 Å². The highest BCUT2D eigenvalue weighted by atomic mass is 35.5. The van der Waals surface area contributed by atoms with Crippen molar-refractivity contribution in [2.24, 2.45) is 0 Å². The molecular weight excluding hydrogens is 300 g/mol. The van der Waals surface area contributed by atoms with E-state index in [-0.39, 0.29) is 5.91 Å². The highest BCUT2D eigenvalue weighted by molar-refractivity contribution is 6.32. The van der Waals surface area contributed by atoms with Gasteiger partial charge in [-0.1, -0.05) is 23.7 Å². The summed E-state index contributed by atoms with van der Waals surface area (Å²) in [6.45, 7) is 0.421. The first-order valence-electron chi connectivity index (χ1n) is 6.86.